The minimum absolute atomic E-state index is 0.373. The smallest absolute Gasteiger partial charge is 0.0734 e. The van der Waals surface area contributed by atoms with E-state index >= 15 is 0 Å². The SMILES string of the molecule is Clc1ccc(C(Cc2cccc3cccnc23)C2CNCCN2)cc1. The molecule has 2 heterocycles. The first-order chi connectivity index (χ1) is 12.3. The second-order valence-corrected chi connectivity index (χ2v) is 7.06. The summed E-state index contributed by atoms with van der Waals surface area (Å²) in [6, 6.07) is 19.3. The van der Waals surface area contributed by atoms with Crippen LogP contribution in [0.25, 0.3) is 10.9 Å². The van der Waals surface area contributed by atoms with Crippen molar-refractivity contribution in [1.82, 2.24) is 15.6 Å². The molecule has 1 aliphatic heterocycles. The van der Waals surface area contributed by atoms with Crippen molar-refractivity contribution in [2.45, 2.75) is 18.4 Å². The number of pyridine rings is 1. The van der Waals surface area contributed by atoms with Gasteiger partial charge in [-0.3, -0.25) is 4.98 Å². The molecule has 4 heteroatoms. The largest absolute Gasteiger partial charge is 0.314 e. The standard InChI is InChI=1S/C21H22ClN3/c22-18-8-6-15(7-9-18)19(20-14-23-11-12-24-20)13-17-4-1-3-16-5-2-10-25-21(16)17/h1-10,19-20,23-24H,11-14H2. The number of nitrogens with one attached hydrogen (secondary N) is 2. The number of halogens is 1. The lowest BCUT2D eigenvalue weighted by molar-refractivity contribution is 0.364. The number of fused-ring (bicyclic) bond motifs is 1. The third-order valence-corrected chi connectivity index (χ3v) is 5.26. The molecule has 0 radical (unpaired) electrons. The van der Waals surface area contributed by atoms with E-state index in [2.05, 4.69) is 52.0 Å². The Morgan fingerprint density at radius 1 is 1.04 bits per heavy atom. The van der Waals surface area contributed by atoms with Gasteiger partial charge in [0.15, 0.2) is 0 Å². The molecule has 1 fully saturated rings. The first kappa shape index (κ1) is 16.5. The maximum atomic E-state index is 6.10. The summed E-state index contributed by atoms with van der Waals surface area (Å²) < 4.78 is 0. The Bertz CT molecular complexity index is 836. The highest BCUT2D eigenvalue weighted by molar-refractivity contribution is 6.30. The van der Waals surface area contributed by atoms with Gasteiger partial charge in [-0.1, -0.05) is 48.0 Å². The lowest BCUT2D eigenvalue weighted by Crippen LogP contribution is -2.51. The fourth-order valence-corrected chi connectivity index (χ4v) is 3.86. The number of hydrogen-bond acceptors (Lipinski definition) is 3. The van der Waals surface area contributed by atoms with E-state index in [-0.39, 0.29) is 0 Å². The van der Waals surface area contributed by atoms with Gasteiger partial charge >= 0.3 is 0 Å². The Balaban J connectivity index is 1.71. The van der Waals surface area contributed by atoms with E-state index in [1.807, 2.05) is 24.4 Å². The van der Waals surface area contributed by atoms with Crippen molar-refractivity contribution in [3.8, 4) is 0 Å². The molecule has 0 aliphatic carbocycles. The van der Waals surface area contributed by atoms with Gasteiger partial charge in [-0.05, 0) is 35.7 Å². The summed E-state index contributed by atoms with van der Waals surface area (Å²) >= 11 is 6.10. The predicted molar refractivity (Wildman–Crippen MR) is 104 cm³/mol. The zero-order valence-electron chi connectivity index (χ0n) is 14.1. The van der Waals surface area contributed by atoms with Crippen LogP contribution in [0.4, 0.5) is 0 Å². The van der Waals surface area contributed by atoms with Crippen LogP contribution in [0.2, 0.25) is 5.02 Å². The summed E-state index contributed by atoms with van der Waals surface area (Å²) in [5.74, 6) is 0.373. The first-order valence-corrected chi connectivity index (χ1v) is 9.21. The number of para-hydroxylation sites is 1. The molecule has 2 N–H and O–H groups in total. The molecule has 0 bridgehead atoms. The molecule has 1 aliphatic rings. The van der Waals surface area contributed by atoms with Gasteiger partial charge in [0.2, 0.25) is 0 Å². The second-order valence-electron chi connectivity index (χ2n) is 6.62. The van der Waals surface area contributed by atoms with Crippen molar-refractivity contribution in [3.63, 3.8) is 0 Å². The number of hydrogen-bond donors (Lipinski definition) is 2. The highest BCUT2D eigenvalue weighted by atomic mass is 35.5. The van der Waals surface area contributed by atoms with Gasteiger partial charge < -0.3 is 10.6 Å². The van der Waals surface area contributed by atoms with Gasteiger partial charge in [-0.25, -0.2) is 0 Å². The van der Waals surface area contributed by atoms with Crippen molar-refractivity contribution >= 4 is 22.5 Å². The molecule has 1 saturated heterocycles. The third kappa shape index (κ3) is 3.69. The monoisotopic (exact) mass is 351 g/mol. The van der Waals surface area contributed by atoms with E-state index in [0.717, 1.165) is 36.6 Å². The Morgan fingerprint density at radius 2 is 1.88 bits per heavy atom. The molecule has 0 spiro atoms. The average molecular weight is 352 g/mol. The summed E-state index contributed by atoms with van der Waals surface area (Å²) in [5, 5.41) is 9.18. The maximum Gasteiger partial charge on any atom is 0.0734 e. The Hall–Kier alpha value is -1.94. The van der Waals surface area contributed by atoms with Crippen LogP contribution in [0.1, 0.15) is 17.0 Å². The molecule has 0 amide bonds. The van der Waals surface area contributed by atoms with Crippen LogP contribution in [0.3, 0.4) is 0 Å². The van der Waals surface area contributed by atoms with Gasteiger partial charge in [-0.2, -0.15) is 0 Å². The third-order valence-electron chi connectivity index (χ3n) is 5.01. The number of nitrogens with zero attached hydrogens (tertiary/aromatic N) is 1. The van der Waals surface area contributed by atoms with Gasteiger partial charge in [0.05, 0.1) is 5.52 Å². The molecule has 128 valence electrons. The number of benzene rings is 2. The van der Waals surface area contributed by atoms with Crippen molar-refractivity contribution in [3.05, 3.63) is 76.9 Å². The molecule has 3 nitrogen and oxygen atoms in total. The van der Waals surface area contributed by atoms with Crippen molar-refractivity contribution in [2.75, 3.05) is 19.6 Å². The van der Waals surface area contributed by atoms with E-state index in [1.165, 1.54) is 16.5 Å². The van der Waals surface area contributed by atoms with Crippen molar-refractivity contribution in [1.29, 1.82) is 0 Å². The summed E-state index contributed by atoms with van der Waals surface area (Å²) in [6.07, 6.45) is 2.83. The van der Waals surface area contributed by atoms with E-state index in [9.17, 15) is 0 Å². The number of piperazine rings is 1. The van der Waals surface area contributed by atoms with E-state index in [0.29, 0.717) is 12.0 Å². The van der Waals surface area contributed by atoms with E-state index in [4.69, 9.17) is 11.6 Å². The average Bonchev–Trinajstić information content (AvgIpc) is 2.68. The quantitative estimate of drug-likeness (QED) is 0.751. The summed E-state index contributed by atoms with van der Waals surface area (Å²) in [6.45, 7) is 3.01. The molecule has 1 aromatic heterocycles. The van der Waals surface area contributed by atoms with E-state index < -0.39 is 0 Å². The summed E-state index contributed by atoms with van der Waals surface area (Å²) in [5.41, 5.74) is 3.72. The molecule has 4 rings (SSSR count). The number of rotatable bonds is 4. The second kappa shape index (κ2) is 7.52. The zero-order chi connectivity index (χ0) is 17.1. The molecule has 0 saturated carbocycles. The van der Waals surface area contributed by atoms with Crippen LogP contribution >= 0.6 is 11.6 Å². The van der Waals surface area contributed by atoms with Gasteiger partial charge in [0.1, 0.15) is 0 Å². The molecular weight excluding hydrogens is 330 g/mol. The molecule has 2 aromatic carbocycles. The fourth-order valence-electron chi connectivity index (χ4n) is 3.73. The van der Waals surface area contributed by atoms with Crippen LogP contribution in [0.15, 0.2) is 60.8 Å². The molecule has 3 aromatic rings. The van der Waals surface area contributed by atoms with Crippen molar-refractivity contribution < 1.29 is 0 Å². The van der Waals surface area contributed by atoms with Crippen LogP contribution in [0, 0.1) is 0 Å². The minimum Gasteiger partial charge on any atom is -0.314 e. The molecular formula is C21H22ClN3. The van der Waals surface area contributed by atoms with Gasteiger partial charge in [0.25, 0.3) is 0 Å². The first-order valence-electron chi connectivity index (χ1n) is 8.83. The van der Waals surface area contributed by atoms with Gasteiger partial charge in [-0.15, -0.1) is 0 Å². The molecule has 2 unspecified atom stereocenters. The fraction of sp³-hybridized carbons (Fsp3) is 0.286. The lowest BCUT2D eigenvalue weighted by Gasteiger charge is -2.32. The summed E-state index contributed by atoms with van der Waals surface area (Å²) in [7, 11) is 0. The number of aromatic nitrogens is 1. The van der Waals surface area contributed by atoms with E-state index in [1.54, 1.807) is 0 Å². The predicted octanol–water partition coefficient (Wildman–Crippen LogP) is 3.78. The topological polar surface area (TPSA) is 37.0 Å². The Labute approximate surface area is 153 Å². The van der Waals surface area contributed by atoms with Crippen LogP contribution in [-0.2, 0) is 6.42 Å². The Kier molecular flexibility index (Phi) is 4.97. The maximum absolute atomic E-state index is 6.10. The zero-order valence-corrected chi connectivity index (χ0v) is 14.8. The van der Waals surface area contributed by atoms with Crippen molar-refractivity contribution in [2.24, 2.45) is 0 Å². The van der Waals surface area contributed by atoms with Gasteiger partial charge in [0, 0.05) is 48.2 Å². The lowest BCUT2D eigenvalue weighted by atomic mass is 9.84. The van der Waals surface area contributed by atoms with Crippen LogP contribution in [0.5, 0.6) is 0 Å². The van der Waals surface area contributed by atoms with Crippen LogP contribution < -0.4 is 10.6 Å². The highest BCUT2D eigenvalue weighted by Gasteiger charge is 2.25. The van der Waals surface area contributed by atoms with Crippen LogP contribution in [-0.4, -0.2) is 30.7 Å². The normalized spacial score (nSPS) is 19.0. The summed E-state index contributed by atoms with van der Waals surface area (Å²) in [4.78, 5) is 4.63. The molecule has 25 heavy (non-hydrogen) atoms. The highest BCUT2D eigenvalue weighted by Crippen LogP contribution is 2.29. The molecule has 2 atom stereocenters. The Morgan fingerprint density at radius 3 is 2.68 bits per heavy atom. The minimum atomic E-state index is 0.373.